The van der Waals surface area contributed by atoms with Gasteiger partial charge in [0.15, 0.2) is 0 Å². The average molecular weight is 733 g/mol. The lowest BCUT2D eigenvalue weighted by atomic mass is 9.99. The average Bonchev–Trinajstić information content (AvgIpc) is 3.97. The molecule has 0 unspecified atom stereocenters. The second-order valence-electron chi connectivity index (χ2n) is 11.7. The van der Waals surface area contributed by atoms with Crippen LogP contribution in [0.25, 0.3) is 11.1 Å². The highest BCUT2D eigenvalue weighted by molar-refractivity contribution is 7.60. The van der Waals surface area contributed by atoms with Gasteiger partial charge in [-0.1, -0.05) is 60.7 Å². The topological polar surface area (TPSA) is 120 Å². The predicted octanol–water partition coefficient (Wildman–Crippen LogP) is 9.82. The fraction of sp³-hybridized carbons (Fsp3) is 0.200. The number of fused-ring (bicyclic) bond motifs is 4. The molecule has 5 heterocycles. The normalized spacial score (nSPS) is 18.2. The van der Waals surface area contributed by atoms with Gasteiger partial charge >= 0.3 is 15.2 Å². The second-order valence-corrected chi connectivity index (χ2v) is 15.6. The molecule has 0 fully saturated rings. The van der Waals surface area contributed by atoms with E-state index in [-0.39, 0.29) is 37.1 Å². The molecule has 0 aromatic heterocycles. The molecule has 12 heteroatoms. The molecule has 2 aromatic rings. The summed E-state index contributed by atoms with van der Waals surface area (Å²) < 4.78 is 53.1. The summed E-state index contributed by atoms with van der Waals surface area (Å²) in [7, 11) is -7.86. The zero-order valence-electron chi connectivity index (χ0n) is 29.4. The fourth-order valence-electron chi connectivity index (χ4n) is 6.43. The van der Waals surface area contributed by atoms with Crippen molar-refractivity contribution >= 4 is 49.2 Å². The van der Waals surface area contributed by atoms with Gasteiger partial charge in [-0.25, -0.2) is 20.0 Å². The molecule has 0 aliphatic carbocycles. The third kappa shape index (κ3) is 6.70. The Kier molecular flexibility index (Phi) is 10.4. The van der Waals surface area contributed by atoms with Crippen molar-refractivity contribution in [3.63, 3.8) is 0 Å². The highest BCUT2D eigenvalue weighted by Gasteiger charge is 2.40. The monoisotopic (exact) mass is 732 g/mol. The molecule has 2 aromatic carbocycles. The van der Waals surface area contributed by atoms with E-state index in [1.807, 2.05) is 85.0 Å². The molecule has 10 nitrogen and oxygen atoms in total. The Morgan fingerprint density at radius 1 is 0.423 bits per heavy atom. The van der Waals surface area contributed by atoms with E-state index in [9.17, 15) is 9.13 Å². The quantitative estimate of drug-likeness (QED) is 0.200. The van der Waals surface area contributed by atoms with E-state index in [4.69, 9.17) is 38.1 Å². The second kappa shape index (κ2) is 15.1. The maximum absolute atomic E-state index is 14.7. The van der Waals surface area contributed by atoms with Crippen LogP contribution in [0.4, 0.5) is 0 Å². The summed E-state index contributed by atoms with van der Waals surface area (Å²) in [6.45, 7) is 7.70. The van der Waals surface area contributed by atoms with E-state index in [1.54, 1.807) is 52.0 Å². The summed E-state index contributed by atoms with van der Waals surface area (Å²) in [5.41, 5.74) is 7.02. The van der Waals surface area contributed by atoms with Crippen molar-refractivity contribution in [2.24, 2.45) is 20.0 Å². The summed E-state index contributed by atoms with van der Waals surface area (Å²) in [4.78, 5) is 20.3. The van der Waals surface area contributed by atoms with Gasteiger partial charge in [0.05, 0.1) is 72.1 Å². The van der Waals surface area contributed by atoms with Gasteiger partial charge in [0, 0.05) is 11.1 Å². The van der Waals surface area contributed by atoms with E-state index in [2.05, 4.69) is 0 Å². The molecule has 0 spiro atoms. The third-order valence-electron chi connectivity index (χ3n) is 8.42. The smallest absolute Gasteiger partial charge is 0.305 e. The Labute approximate surface area is 303 Å². The minimum atomic E-state index is -3.93. The Bertz CT molecular complexity index is 2100. The van der Waals surface area contributed by atoms with Crippen LogP contribution < -0.4 is 0 Å². The lowest BCUT2D eigenvalue weighted by Gasteiger charge is -2.21. The number of hydrogen-bond donors (Lipinski definition) is 0. The lowest BCUT2D eigenvalue weighted by molar-refractivity contribution is 0.226. The molecule has 0 amide bonds. The molecule has 0 saturated carbocycles. The van der Waals surface area contributed by atoms with E-state index < -0.39 is 15.2 Å². The summed E-state index contributed by atoms with van der Waals surface area (Å²) in [5, 5.41) is 0.524. The number of benzene rings is 2. The molecule has 0 saturated heterocycles. The highest BCUT2D eigenvalue weighted by atomic mass is 31.2. The molecule has 5 aliphatic heterocycles. The number of hydrogen-bond acceptors (Lipinski definition) is 10. The summed E-state index contributed by atoms with van der Waals surface area (Å²) in [5.74, 6) is 0. The first-order chi connectivity index (χ1) is 25.3. The van der Waals surface area contributed by atoms with Gasteiger partial charge in [-0.2, -0.15) is 0 Å². The van der Waals surface area contributed by atoms with Crippen molar-refractivity contribution in [3.05, 3.63) is 154 Å². The van der Waals surface area contributed by atoms with Gasteiger partial charge in [0.2, 0.25) is 0 Å². The van der Waals surface area contributed by atoms with Crippen molar-refractivity contribution in [3.8, 4) is 0 Å². The van der Waals surface area contributed by atoms with Crippen LogP contribution in [0.15, 0.2) is 163 Å². The Morgan fingerprint density at radius 2 is 0.731 bits per heavy atom. The largest absolute Gasteiger partial charge is 0.365 e. The van der Waals surface area contributed by atoms with Crippen LogP contribution in [0, 0.1) is 0 Å². The Hall–Kier alpha value is -4.66. The summed E-state index contributed by atoms with van der Waals surface area (Å²) >= 11 is 0. The van der Waals surface area contributed by atoms with Gasteiger partial charge in [-0.15, -0.1) is 0 Å². The molecule has 0 N–H and O–H groups in total. The van der Waals surface area contributed by atoms with Crippen molar-refractivity contribution in [1.29, 1.82) is 0 Å². The minimum absolute atomic E-state index is 0.150. The van der Waals surface area contributed by atoms with Crippen molar-refractivity contribution in [2.45, 2.75) is 27.7 Å². The predicted molar refractivity (Wildman–Crippen MR) is 209 cm³/mol. The van der Waals surface area contributed by atoms with Gasteiger partial charge in [-0.05, 0) is 87.4 Å². The van der Waals surface area contributed by atoms with Crippen LogP contribution >= 0.6 is 15.2 Å². The van der Waals surface area contributed by atoms with Crippen LogP contribution in [-0.4, -0.2) is 49.3 Å². The Morgan fingerprint density at radius 3 is 1.08 bits per heavy atom. The van der Waals surface area contributed by atoms with E-state index in [0.29, 0.717) is 56.8 Å². The summed E-state index contributed by atoms with van der Waals surface area (Å²) in [6, 6.07) is 19.5. The van der Waals surface area contributed by atoms with Crippen LogP contribution in [0.3, 0.4) is 0 Å². The zero-order chi connectivity index (χ0) is 36.3. The maximum atomic E-state index is 14.7. The molecule has 264 valence electrons. The number of rotatable bonds is 12. The van der Waals surface area contributed by atoms with Crippen molar-refractivity contribution < 1.29 is 27.2 Å². The Balaban J connectivity index is 1.60. The highest BCUT2D eigenvalue weighted by Crippen LogP contribution is 2.60. The SMILES string of the molecule is CCOP(=O)(OCC)C1=C2C=CC(=N2)C(c2ccccc2)=C2C=CC(=N2)C(P(=O)(OCC)OCC)=C2C=CC(=N2)C(c2ccccc2)=C2C=CC1=N2. The number of nitrogens with zero attached hydrogens (tertiary/aromatic N) is 4. The number of allylic oxidation sites excluding steroid dienone is 12. The first-order valence-corrected chi connectivity index (χ1v) is 20.4. The van der Waals surface area contributed by atoms with Crippen LogP contribution in [0.1, 0.15) is 38.8 Å². The lowest BCUT2D eigenvalue weighted by Crippen LogP contribution is -2.08. The van der Waals surface area contributed by atoms with Crippen molar-refractivity contribution in [1.82, 2.24) is 0 Å². The fourth-order valence-corrected chi connectivity index (χ4v) is 10.1. The van der Waals surface area contributed by atoms with Crippen LogP contribution in [-0.2, 0) is 27.2 Å². The number of aliphatic imine (C=N–C) groups is 4. The molecule has 7 rings (SSSR count). The standard InChI is InChI=1S/C40H38N4O6P2/c1-5-47-51(45,48-6-2)39-33-23-19-29(41-33)37(27-15-11-9-12-16-27)31-21-25-35(43-31)40(52(46,49-7-3)50-8-4)36-26-22-32(44-36)38(28-17-13-10-14-18-28)30-20-24-34(39)42-30/h9-26H,5-8H2,1-4H3. The van der Waals surface area contributed by atoms with Crippen molar-refractivity contribution in [2.75, 3.05) is 26.4 Å². The van der Waals surface area contributed by atoms with E-state index >= 15 is 0 Å². The molecule has 52 heavy (non-hydrogen) atoms. The van der Waals surface area contributed by atoms with Gasteiger partial charge in [0.25, 0.3) is 0 Å². The van der Waals surface area contributed by atoms with E-state index in [1.165, 1.54) is 0 Å². The van der Waals surface area contributed by atoms with E-state index in [0.717, 1.165) is 11.1 Å². The van der Waals surface area contributed by atoms with Crippen LogP contribution in [0.5, 0.6) is 0 Å². The third-order valence-corrected chi connectivity index (χ3v) is 12.8. The molecule has 0 radical (unpaired) electrons. The molecule has 8 bridgehead atoms. The molecule has 5 aliphatic rings. The van der Waals surface area contributed by atoms with Gasteiger partial charge < -0.3 is 18.1 Å². The van der Waals surface area contributed by atoms with Gasteiger partial charge in [-0.3, -0.25) is 9.13 Å². The first-order valence-electron chi connectivity index (χ1n) is 17.3. The first kappa shape index (κ1) is 35.7. The molecule has 0 atom stereocenters. The molecular weight excluding hydrogens is 694 g/mol. The summed E-state index contributed by atoms with van der Waals surface area (Å²) in [6.07, 6.45) is 14.6. The molecular formula is C40H38N4O6P2. The zero-order valence-corrected chi connectivity index (χ0v) is 31.1. The minimum Gasteiger partial charge on any atom is -0.305 e. The van der Waals surface area contributed by atoms with Gasteiger partial charge in [0.1, 0.15) is 10.6 Å². The van der Waals surface area contributed by atoms with Crippen LogP contribution in [0.2, 0.25) is 0 Å². The maximum Gasteiger partial charge on any atom is 0.365 e.